The van der Waals surface area contributed by atoms with E-state index in [1.165, 1.54) is 37.8 Å². The lowest BCUT2D eigenvalue weighted by Gasteiger charge is -2.55. The van der Waals surface area contributed by atoms with Crippen molar-refractivity contribution in [2.45, 2.75) is 44.7 Å². The van der Waals surface area contributed by atoms with Crippen LogP contribution in [0.5, 0.6) is 5.75 Å². The Morgan fingerprint density at radius 1 is 1.07 bits per heavy atom. The topological polar surface area (TPSA) is 67.5 Å². The summed E-state index contributed by atoms with van der Waals surface area (Å²) in [6.07, 6.45) is 5.21. The summed E-state index contributed by atoms with van der Waals surface area (Å²) < 4.78 is 5.36. The van der Waals surface area contributed by atoms with Gasteiger partial charge in [0.2, 0.25) is 5.95 Å². The standard InChI is InChI=1S/C23H31N5O/c1-15-10-22(26-23(24)25-15)27-12-16-11-18(14-27)21-5-3-4-20(28(21)13-16)17-6-8-19(29-2)9-7-17/h6-10,16,18,20-21H,3-5,11-14H2,1-2H3,(H2,24,25,26)/t16-,18+,20+,21-/m0/s1. The lowest BCUT2D eigenvalue weighted by molar-refractivity contribution is -0.0201. The van der Waals surface area contributed by atoms with Gasteiger partial charge in [-0.15, -0.1) is 0 Å². The van der Waals surface area contributed by atoms with Gasteiger partial charge in [-0.25, -0.2) is 4.98 Å². The first-order chi connectivity index (χ1) is 14.1. The van der Waals surface area contributed by atoms with Gasteiger partial charge in [-0.1, -0.05) is 12.1 Å². The van der Waals surface area contributed by atoms with E-state index in [1.54, 1.807) is 7.11 Å². The number of nitrogens with zero attached hydrogens (tertiary/aromatic N) is 4. The van der Waals surface area contributed by atoms with E-state index in [0.717, 1.165) is 30.4 Å². The van der Waals surface area contributed by atoms with Gasteiger partial charge in [-0.05, 0) is 62.1 Å². The van der Waals surface area contributed by atoms with Crippen LogP contribution in [0.4, 0.5) is 11.8 Å². The molecule has 0 saturated carbocycles. The molecule has 0 spiro atoms. The minimum atomic E-state index is 0.384. The van der Waals surface area contributed by atoms with E-state index in [2.05, 4.69) is 50.1 Å². The van der Waals surface area contributed by atoms with E-state index in [1.807, 2.05) is 6.92 Å². The zero-order chi connectivity index (χ0) is 20.0. The molecule has 3 fully saturated rings. The number of piperidine rings is 3. The number of hydrogen-bond acceptors (Lipinski definition) is 6. The zero-order valence-electron chi connectivity index (χ0n) is 17.4. The SMILES string of the molecule is COc1ccc([C@H]2CCC[C@H]3[C@@H]4C[C@@H](CN(c5cc(C)nc(N)n5)C4)CN23)cc1. The molecule has 5 rings (SSSR count). The van der Waals surface area contributed by atoms with E-state index >= 15 is 0 Å². The number of ether oxygens (including phenoxy) is 1. The van der Waals surface area contributed by atoms with Crippen molar-refractivity contribution in [1.29, 1.82) is 0 Å². The van der Waals surface area contributed by atoms with Gasteiger partial charge in [0.1, 0.15) is 11.6 Å². The molecule has 3 aliphatic rings. The zero-order valence-corrected chi connectivity index (χ0v) is 17.4. The molecule has 29 heavy (non-hydrogen) atoms. The van der Waals surface area contributed by atoms with Crippen molar-refractivity contribution >= 4 is 11.8 Å². The summed E-state index contributed by atoms with van der Waals surface area (Å²) in [6, 6.07) is 12.0. The first-order valence-electron chi connectivity index (χ1n) is 10.9. The Balaban J connectivity index is 1.37. The van der Waals surface area contributed by atoms with Crippen LogP contribution in [0.2, 0.25) is 0 Å². The number of nitrogens with two attached hydrogens (primary N) is 1. The van der Waals surface area contributed by atoms with Crippen molar-refractivity contribution in [2.24, 2.45) is 11.8 Å². The third kappa shape index (κ3) is 3.54. The summed E-state index contributed by atoms with van der Waals surface area (Å²) in [5, 5.41) is 0. The highest BCUT2D eigenvalue weighted by Crippen LogP contribution is 2.45. The monoisotopic (exact) mass is 393 g/mol. The number of methoxy groups -OCH3 is 1. The molecule has 2 bridgehead atoms. The summed E-state index contributed by atoms with van der Waals surface area (Å²) in [5.41, 5.74) is 8.31. The third-order valence-electron chi connectivity index (χ3n) is 7.07. The molecule has 1 aromatic carbocycles. The van der Waals surface area contributed by atoms with Gasteiger partial charge in [0, 0.05) is 43.5 Å². The van der Waals surface area contributed by atoms with Crippen LogP contribution >= 0.6 is 0 Å². The molecule has 1 aromatic heterocycles. The first-order valence-corrected chi connectivity index (χ1v) is 10.9. The number of rotatable bonds is 3. The van der Waals surface area contributed by atoms with Crippen LogP contribution < -0.4 is 15.4 Å². The summed E-state index contributed by atoms with van der Waals surface area (Å²) in [7, 11) is 1.73. The average molecular weight is 394 g/mol. The van der Waals surface area contributed by atoms with Crippen molar-refractivity contribution in [1.82, 2.24) is 14.9 Å². The maximum atomic E-state index is 5.93. The molecule has 4 heterocycles. The van der Waals surface area contributed by atoms with Gasteiger partial charge in [-0.2, -0.15) is 4.98 Å². The van der Waals surface area contributed by atoms with E-state index in [4.69, 9.17) is 10.5 Å². The quantitative estimate of drug-likeness (QED) is 0.862. The van der Waals surface area contributed by atoms with Crippen molar-refractivity contribution < 1.29 is 4.74 Å². The van der Waals surface area contributed by atoms with Crippen LogP contribution in [-0.2, 0) is 0 Å². The number of nitrogen functional groups attached to an aromatic ring is 1. The normalized spacial score (nSPS) is 29.4. The number of aryl methyl sites for hydroxylation is 1. The van der Waals surface area contributed by atoms with E-state index in [-0.39, 0.29) is 0 Å². The minimum absolute atomic E-state index is 0.384. The predicted molar refractivity (Wildman–Crippen MR) is 115 cm³/mol. The second-order valence-electron chi connectivity index (χ2n) is 8.98. The molecule has 3 saturated heterocycles. The van der Waals surface area contributed by atoms with E-state index < -0.39 is 0 Å². The second kappa shape index (κ2) is 7.48. The van der Waals surface area contributed by atoms with Crippen LogP contribution in [0, 0.1) is 18.8 Å². The molecule has 2 N–H and O–H groups in total. The molecular weight excluding hydrogens is 362 g/mol. The minimum Gasteiger partial charge on any atom is -0.497 e. The molecule has 4 atom stereocenters. The van der Waals surface area contributed by atoms with Crippen LogP contribution in [-0.4, -0.2) is 47.7 Å². The second-order valence-corrected chi connectivity index (χ2v) is 8.98. The van der Waals surface area contributed by atoms with E-state index in [9.17, 15) is 0 Å². The molecule has 0 amide bonds. The Hall–Kier alpha value is -2.34. The van der Waals surface area contributed by atoms with Gasteiger partial charge in [0.05, 0.1) is 7.11 Å². The predicted octanol–water partition coefficient (Wildman–Crippen LogP) is 3.43. The molecule has 6 nitrogen and oxygen atoms in total. The van der Waals surface area contributed by atoms with Gasteiger partial charge < -0.3 is 15.4 Å². The summed E-state index contributed by atoms with van der Waals surface area (Å²) >= 11 is 0. The summed E-state index contributed by atoms with van der Waals surface area (Å²) in [4.78, 5) is 14.1. The van der Waals surface area contributed by atoms with Gasteiger partial charge in [-0.3, -0.25) is 4.90 Å². The molecule has 6 heteroatoms. The molecular formula is C23H31N5O. The highest BCUT2D eigenvalue weighted by Gasteiger charge is 2.45. The maximum absolute atomic E-state index is 5.93. The average Bonchev–Trinajstić information content (AvgIpc) is 2.73. The van der Waals surface area contributed by atoms with Crippen LogP contribution in [0.3, 0.4) is 0 Å². The fraction of sp³-hybridized carbons (Fsp3) is 0.565. The van der Waals surface area contributed by atoms with E-state index in [0.29, 0.717) is 29.9 Å². The van der Waals surface area contributed by atoms with Gasteiger partial charge in [0.15, 0.2) is 0 Å². The summed E-state index contributed by atoms with van der Waals surface area (Å²) in [6.45, 7) is 5.30. The van der Waals surface area contributed by atoms with Gasteiger partial charge >= 0.3 is 0 Å². The molecule has 0 unspecified atom stereocenters. The largest absolute Gasteiger partial charge is 0.497 e. The maximum Gasteiger partial charge on any atom is 0.222 e. The Bertz CT molecular complexity index is 850. The Morgan fingerprint density at radius 2 is 1.90 bits per heavy atom. The molecule has 0 aliphatic carbocycles. The smallest absolute Gasteiger partial charge is 0.222 e. The lowest BCUT2D eigenvalue weighted by atomic mass is 9.74. The van der Waals surface area contributed by atoms with Crippen molar-refractivity contribution in [2.75, 3.05) is 37.4 Å². The summed E-state index contributed by atoms with van der Waals surface area (Å²) in [5.74, 6) is 3.70. The number of benzene rings is 1. The van der Waals surface area contributed by atoms with Crippen LogP contribution in [0.25, 0.3) is 0 Å². The number of fused-ring (bicyclic) bond motifs is 4. The highest BCUT2D eigenvalue weighted by molar-refractivity contribution is 5.44. The lowest BCUT2D eigenvalue weighted by Crippen LogP contribution is -2.59. The number of aromatic nitrogens is 2. The van der Waals surface area contributed by atoms with Gasteiger partial charge in [0.25, 0.3) is 0 Å². The Kier molecular flexibility index (Phi) is 4.82. The fourth-order valence-electron chi connectivity index (χ4n) is 5.92. The fourth-order valence-corrected chi connectivity index (χ4v) is 5.92. The van der Waals surface area contributed by atoms with Crippen molar-refractivity contribution in [3.63, 3.8) is 0 Å². The third-order valence-corrected chi connectivity index (χ3v) is 7.07. The van der Waals surface area contributed by atoms with Crippen molar-refractivity contribution in [3.05, 3.63) is 41.6 Å². The Morgan fingerprint density at radius 3 is 2.66 bits per heavy atom. The molecule has 154 valence electrons. The first kappa shape index (κ1) is 18.7. The highest BCUT2D eigenvalue weighted by atomic mass is 16.5. The molecule has 0 radical (unpaired) electrons. The van der Waals surface area contributed by atoms with Crippen LogP contribution in [0.15, 0.2) is 30.3 Å². The van der Waals surface area contributed by atoms with Crippen molar-refractivity contribution in [3.8, 4) is 5.75 Å². The molecule has 2 aromatic rings. The molecule has 3 aliphatic heterocycles. The number of hydrogen-bond donors (Lipinski definition) is 1. The number of anilines is 2. The Labute approximate surface area is 173 Å². The van der Waals surface area contributed by atoms with Crippen LogP contribution in [0.1, 0.15) is 43.0 Å².